The molecule has 0 radical (unpaired) electrons. The predicted molar refractivity (Wildman–Crippen MR) is 78.1 cm³/mol. The number of benzene rings is 1. The van der Waals surface area contributed by atoms with Crippen LogP contribution in [0.4, 0.5) is 4.39 Å². The van der Waals surface area contributed by atoms with Crippen molar-refractivity contribution in [2.45, 2.75) is 39.1 Å². The number of carbonyl (C=O) groups excluding carboxylic acids is 1. The van der Waals surface area contributed by atoms with E-state index in [1.54, 1.807) is 11.8 Å². The van der Waals surface area contributed by atoms with Crippen molar-refractivity contribution in [3.05, 3.63) is 29.0 Å². The van der Waals surface area contributed by atoms with Gasteiger partial charge in [-0.2, -0.15) is 0 Å². The maximum Gasteiger partial charge on any atom is 0.263 e. The second-order valence-corrected chi connectivity index (χ2v) is 5.74. The first kappa shape index (κ1) is 16.0. The van der Waals surface area contributed by atoms with Crippen molar-refractivity contribution in [2.75, 3.05) is 13.1 Å². The molecule has 4 nitrogen and oxygen atoms in total. The van der Waals surface area contributed by atoms with E-state index in [2.05, 4.69) is 0 Å². The summed E-state index contributed by atoms with van der Waals surface area (Å²) in [6, 6.07) is 3.83. The number of hydrogen-bond donors (Lipinski definition) is 0. The Hall–Kier alpha value is -1.33. The van der Waals surface area contributed by atoms with Gasteiger partial charge in [-0.3, -0.25) is 4.79 Å². The van der Waals surface area contributed by atoms with Crippen molar-refractivity contribution < 1.29 is 18.7 Å². The summed E-state index contributed by atoms with van der Waals surface area (Å²) < 4.78 is 24.1. The summed E-state index contributed by atoms with van der Waals surface area (Å²) in [7, 11) is 0. The van der Waals surface area contributed by atoms with Crippen LogP contribution in [0.2, 0.25) is 5.02 Å². The van der Waals surface area contributed by atoms with Crippen LogP contribution in [-0.4, -0.2) is 42.2 Å². The fraction of sp³-hybridized carbons (Fsp3) is 0.533. The highest BCUT2D eigenvalue weighted by Gasteiger charge is 2.29. The molecule has 21 heavy (non-hydrogen) atoms. The lowest BCUT2D eigenvalue weighted by molar-refractivity contribution is -0.149. The van der Waals surface area contributed by atoms with Crippen molar-refractivity contribution in [1.29, 1.82) is 0 Å². The van der Waals surface area contributed by atoms with Crippen molar-refractivity contribution in [2.24, 2.45) is 0 Å². The minimum atomic E-state index is -0.689. The zero-order valence-electron chi connectivity index (χ0n) is 12.3. The van der Waals surface area contributed by atoms with Crippen LogP contribution in [0.1, 0.15) is 20.8 Å². The SMILES string of the molecule is CC1CN(C(=O)C(C)Oc2ccc(F)cc2Cl)CC(C)O1. The van der Waals surface area contributed by atoms with Gasteiger partial charge in [0.2, 0.25) is 0 Å². The molecule has 0 spiro atoms. The molecule has 0 aromatic heterocycles. The highest BCUT2D eigenvalue weighted by atomic mass is 35.5. The lowest BCUT2D eigenvalue weighted by Crippen LogP contribution is -2.51. The van der Waals surface area contributed by atoms with Crippen molar-refractivity contribution in [3.63, 3.8) is 0 Å². The molecule has 0 bridgehead atoms. The van der Waals surface area contributed by atoms with Gasteiger partial charge in [0.15, 0.2) is 6.10 Å². The first-order valence-corrected chi connectivity index (χ1v) is 7.30. The Morgan fingerprint density at radius 3 is 2.62 bits per heavy atom. The second kappa shape index (κ2) is 6.62. The molecule has 3 atom stereocenters. The van der Waals surface area contributed by atoms with Gasteiger partial charge in [0.05, 0.1) is 17.2 Å². The number of hydrogen-bond acceptors (Lipinski definition) is 3. The van der Waals surface area contributed by atoms with E-state index in [1.807, 2.05) is 13.8 Å². The van der Waals surface area contributed by atoms with Crippen LogP contribution in [0.15, 0.2) is 18.2 Å². The average Bonchev–Trinajstić information content (AvgIpc) is 2.40. The Kier molecular flexibility index (Phi) is 5.06. The Balaban J connectivity index is 2.02. The van der Waals surface area contributed by atoms with E-state index >= 15 is 0 Å². The van der Waals surface area contributed by atoms with E-state index in [0.29, 0.717) is 18.8 Å². The molecule has 1 fully saturated rings. The molecule has 6 heteroatoms. The molecule has 2 rings (SSSR count). The van der Waals surface area contributed by atoms with Gasteiger partial charge in [-0.05, 0) is 39.0 Å². The lowest BCUT2D eigenvalue weighted by Gasteiger charge is -2.36. The van der Waals surface area contributed by atoms with Crippen LogP contribution in [0.25, 0.3) is 0 Å². The van der Waals surface area contributed by atoms with Gasteiger partial charge < -0.3 is 14.4 Å². The van der Waals surface area contributed by atoms with Gasteiger partial charge in [0, 0.05) is 13.1 Å². The minimum Gasteiger partial charge on any atom is -0.479 e. The van der Waals surface area contributed by atoms with E-state index in [0.717, 1.165) is 6.07 Å². The molecule has 3 unspecified atom stereocenters. The number of morpholine rings is 1. The molecule has 1 aliphatic rings. The standard InChI is InChI=1S/C15H19ClFNO3/c1-9-7-18(8-10(2)20-9)15(19)11(3)21-14-5-4-12(17)6-13(14)16/h4-6,9-11H,7-8H2,1-3H3. The highest BCUT2D eigenvalue weighted by Crippen LogP contribution is 2.26. The molecule has 1 aliphatic heterocycles. The van der Waals surface area contributed by atoms with Gasteiger partial charge in [-0.25, -0.2) is 4.39 Å². The summed E-state index contributed by atoms with van der Waals surface area (Å²) in [5.74, 6) is -0.271. The third kappa shape index (κ3) is 4.08. The first-order chi connectivity index (χ1) is 9.86. The van der Waals surface area contributed by atoms with E-state index in [4.69, 9.17) is 21.1 Å². The summed E-state index contributed by atoms with van der Waals surface area (Å²) in [5.41, 5.74) is 0. The first-order valence-electron chi connectivity index (χ1n) is 6.92. The highest BCUT2D eigenvalue weighted by molar-refractivity contribution is 6.32. The molecule has 1 aromatic carbocycles. The van der Waals surface area contributed by atoms with Gasteiger partial charge in [0.25, 0.3) is 5.91 Å². The van der Waals surface area contributed by atoms with Crippen LogP contribution in [0.3, 0.4) is 0 Å². The van der Waals surface area contributed by atoms with Crippen molar-refractivity contribution >= 4 is 17.5 Å². The molecular weight excluding hydrogens is 297 g/mol. The summed E-state index contributed by atoms with van der Waals surface area (Å²) >= 11 is 5.90. The smallest absolute Gasteiger partial charge is 0.263 e. The van der Waals surface area contributed by atoms with E-state index < -0.39 is 11.9 Å². The Bertz CT molecular complexity index is 516. The molecule has 0 saturated carbocycles. The molecule has 1 heterocycles. The molecular formula is C15H19ClFNO3. The Morgan fingerprint density at radius 2 is 2.05 bits per heavy atom. The summed E-state index contributed by atoms with van der Waals surface area (Å²) in [5, 5.41) is 0.151. The van der Waals surface area contributed by atoms with Gasteiger partial charge >= 0.3 is 0 Å². The summed E-state index contributed by atoms with van der Waals surface area (Å²) in [6.07, 6.45) is -0.691. The zero-order valence-corrected chi connectivity index (χ0v) is 13.1. The number of ether oxygens (including phenoxy) is 2. The molecule has 1 amide bonds. The Morgan fingerprint density at radius 1 is 1.43 bits per heavy atom. The topological polar surface area (TPSA) is 38.8 Å². The van der Waals surface area contributed by atoms with E-state index in [-0.39, 0.29) is 23.1 Å². The molecule has 1 saturated heterocycles. The minimum absolute atomic E-state index is 0.000640. The molecule has 0 N–H and O–H groups in total. The monoisotopic (exact) mass is 315 g/mol. The van der Waals surface area contributed by atoms with Crippen LogP contribution in [0.5, 0.6) is 5.75 Å². The summed E-state index contributed by atoms with van der Waals surface area (Å²) in [6.45, 7) is 6.59. The number of carbonyl (C=O) groups is 1. The largest absolute Gasteiger partial charge is 0.479 e. The van der Waals surface area contributed by atoms with Crippen LogP contribution < -0.4 is 4.74 Å². The quantitative estimate of drug-likeness (QED) is 0.861. The lowest BCUT2D eigenvalue weighted by atomic mass is 10.2. The number of nitrogens with zero attached hydrogens (tertiary/aromatic N) is 1. The van der Waals surface area contributed by atoms with Crippen LogP contribution in [-0.2, 0) is 9.53 Å². The Labute approximate surface area is 128 Å². The second-order valence-electron chi connectivity index (χ2n) is 5.34. The van der Waals surface area contributed by atoms with Crippen molar-refractivity contribution in [1.82, 2.24) is 4.90 Å². The normalized spacial score (nSPS) is 23.8. The van der Waals surface area contributed by atoms with E-state index in [9.17, 15) is 9.18 Å². The fourth-order valence-electron chi connectivity index (χ4n) is 2.43. The summed E-state index contributed by atoms with van der Waals surface area (Å²) in [4.78, 5) is 14.1. The van der Waals surface area contributed by atoms with Crippen LogP contribution >= 0.6 is 11.6 Å². The third-order valence-corrected chi connectivity index (χ3v) is 3.57. The number of rotatable bonds is 3. The fourth-order valence-corrected chi connectivity index (χ4v) is 2.64. The molecule has 116 valence electrons. The van der Waals surface area contributed by atoms with Gasteiger partial charge in [0.1, 0.15) is 11.6 Å². The number of amides is 1. The zero-order chi connectivity index (χ0) is 15.6. The van der Waals surface area contributed by atoms with Gasteiger partial charge in [-0.1, -0.05) is 11.6 Å². The molecule has 0 aliphatic carbocycles. The van der Waals surface area contributed by atoms with Gasteiger partial charge in [-0.15, -0.1) is 0 Å². The molecule has 1 aromatic rings. The third-order valence-electron chi connectivity index (χ3n) is 3.28. The van der Waals surface area contributed by atoms with Crippen LogP contribution in [0, 0.1) is 5.82 Å². The number of halogens is 2. The van der Waals surface area contributed by atoms with Crippen molar-refractivity contribution in [3.8, 4) is 5.75 Å². The van der Waals surface area contributed by atoms with E-state index in [1.165, 1.54) is 12.1 Å². The average molecular weight is 316 g/mol. The maximum absolute atomic E-state index is 13.0. The maximum atomic E-state index is 13.0. The predicted octanol–water partition coefficient (Wildman–Crippen LogP) is 2.88.